The van der Waals surface area contributed by atoms with Crippen molar-refractivity contribution in [3.05, 3.63) is 78.4 Å². The Hall–Kier alpha value is -3.55. The zero-order valence-corrected chi connectivity index (χ0v) is 23.8. The molecule has 1 amide bonds. The fraction of sp³-hybridized carbons (Fsp3) is 0.286. The lowest BCUT2D eigenvalue weighted by Gasteiger charge is -2.36. The Morgan fingerprint density at radius 3 is 2.37 bits per heavy atom. The van der Waals surface area contributed by atoms with Crippen LogP contribution in [0.25, 0.3) is 11.0 Å². The van der Waals surface area contributed by atoms with E-state index >= 15 is 0 Å². The molecule has 41 heavy (non-hydrogen) atoms. The van der Waals surface area contributed by atoms with Gasteiger partial charge in [0.05, 0.1) is 22.7 Å². The van der Waals surface area contributed by atoms with Crippen LogP contribution in [-0.2, 0) is 21.0 Å². The number of imidazole rings is 1. The van der Waals surface area contributed by atoms with Gasteiger partial charge in [0.1, 0.15) is 4.90 Å². The normalized spacial score (nSPS) is 14.9. The van der Waals surface area contributed by atoms with Crippen LogP contribution in [0.3, 0.4) is 0 Å². The van der Waals surface area contributed by atoms with E-state index in [0.717, 1.165) is 47.5 Å². The van der Waals surface area contributed by atoms with Crippen molar-refractivity contribution in [2.45, 2.75) is 23.2 Å². The number of halogens is 3. The van der Waals surface area contributed by atoms with E-state index in [1.165, 1.54) is 18.2 Å². The minimum atomic E-state index is -4.57. The first-order chi connectivity index (χ1) is 19.6. The maximum Gasteiger partial charge on any atom is 0.416 e. The summed E-state index contributed by atoms with van der Waals surface area (Å²) in [6, 6.07) is 18.2. The first-order valence-corrected chi connectivity index (χ1v) is 15.4. The first kappa shape index (κ1) is 29.0. The number of piperazine rings is 1. The quantitative estimate of drug-likeness (QED) is 0.226. The summed E-state index contributed by atoms with van der Waals surface area (Å²) in [6.07, 6.45) is -4.57. The van der Waals surface area contributed by atoms with Crippen LogP contribution in [-0.4, -0.2) is 62.7 Å². The van der Waals surface area contributed by atoms with Gasteiger partial charge in [0, 0.05) is 26.2 Å². The summed E-state index contributed by atoms with van der Waals surface area (Å²) >= 11 is 0.950. The molecule has 1 aromatic heterocycles. The van der Waals surface area contributed by atoms with Gasteiger partial charge in [0.25, 0.3) is 0 Å². The minimum Gasteiger partial charge on any atom is -0.367 e. The monoisotopic (exact) mass is 604 g/mol. The highest BCUT2D eigenvalue weighted by Crippen LogP contribution is 2.36. The average Bonchev–Trinajstić information content (AvgIpc) is 3.35. The zero-order chi connectivity index (χ0) is 29.2. The van der Waals surface area contributed by atoms with E-state index in [0.29, 0.717) is 29.8 Å². The summed E-state index contributed by atoms with van der Waals surface area (Å²) in [7, 11) is -4.01. The number of amides is 1. The summed E-state index contributed by atoms with van der Waals surface area (Å²) in [5.41, 5.74) is 0.682. The number of H-pyrrole nitrogens is 1. The van der Waals surface area contributed by atoms with Crippen molar-refractivity contribution in [3.8, 4) is 0 Å². The van der Waals surface area contributed by atoms with Crippen molar-refractivity contribution in [1.29, 1.82) is 0 Å². The van der Waals surface area contributed by atoms with Gasteiger partial charge in [-0.2, -0.15) is 21.6 Å². The average molecular weight is 605 g/mol. The summed E-state index contributed by atoms with van der Waals surface area (Å²) in [6.45, 7) is 5.69. The Balaban J connectivity index is 1.41. The van der Waals surface area contributed by atoms with Gasteiger partial charge in [-0.3, -0.25) is 4.79 Å². The van der Waals surface area contributed by atoms with Crippen LogP contribution in [0.5, 0.6) is 0 Å². The molecule has 8 nitrogen and oxygen atoms in total. The number of carbonyl (C=O) groups is 1. The van der Waals surface area contributed by atoms with Gasteiger partial charge >= 0.3 is 21.4 Å². The van der Waals surface area contributed by atoms with Crippen LogP contribution >= 0.6 is 11.8 Å². The highest BCUT2D eigenvalue weighted by atomic mass is 32.2. The Morgan fingerprint density at radius 1 is 1.00 bits per heavy atom. The van der Waals surface area contributed by atoms with Crippen molar-refractivity contribution < 1.29 is 30.4 Å². The number of alkyl halides is 3. The van der Waals surface area contributed by atoms with E-state index in [-0.39, 0.29) is 21.5 Å². The summed E-state index contributed by atoms with van der Waals surface area (Å²) in [4.78, 5) is 20.5. The molecular weight excluding hydrogens is 575 g/mol. The number of hydrogen-bond donors (Lipinski definition) is 2. The van der Waals surface area contributed by atoms with Gasteiger partial charge in [-0.05, 0) is 60.8 Å². The smallest absolute Gasteiger partial charge is 0.367 e. The van der Waals surface area contributed by atoms with Gasteiger partial charge in [-0.1, -0.05) is 37.3 Å². The number of anilines is 2. The molecule has 0 unspecified atom stereocenters. The third kappa shape index (κ3) is 6.21. The van der Waals surface area contributed by atoms with Gasteiger partial charge in [0.15, 0.2) is 11.0 Å². The highest BCUT2D eigenvalue weighted by Gasteiger charge is 2.33. The van der Waals surface area contributed by atoms with Crippen LogP contribution in [0, 0.1) is 0 Å². The molecule has 2 N–H and O–H groups in total. The van der Waals surface area contributed by atoms with E-state index in [1.807, 2.05) is 4.90 Å². The minimum absolute atomic E-state index is 0.0665. The molecule has 13 heteroatoms. The molecule has 216 valence electrons. The fourth-order valence-electron chi connectivity index (χ4n) is 4.78. The molecule has 1 fully saturated rings. The van der Waals surface area contributed by atoms with Crippen LogP contribution in [0.1, 0.15) is 12.5 Å². The van der Waals surface area contributed by atoms with E-state index < -0.39 is 27.7 Å². The molecule has 0 atom stereocenters. The van der Waals surface area contributed by atoms with Gasteiger partial charge in [-0.25, -0.2) is 4.98 Å². The van der Waals surface area contributed by atoms with Crippen LogP contribution in [0.4, 0.5) is 24.5 Å². The summed E-state index contributed by atoms with van der Waals surface area (Å²) in [5.74, 6) is -0.804. The Labute approximate surface area is 240 Å². The van der Waals surface area contributed by atoms with Crippen molar-refractivity contribution in [2.24, 2.45) is 0 Å². The lowest BCUT2D eigenvalue weighted by atomic mass is 10.1. The SMILES string of the molecule is CCN1CCN(c2ccc(C(F)(F)F)cc2NC(=O)CSc2[nH]c3ccccc3[n+]2S(=O)(=O)c2ccccc2)CC1. The largest absolute Gasteiger partial charge is 0.416 e. The summed E-state index contributed by atoms with van der Waals surface area (Å²) in [5, 5.41) is 2.85. The Morgan fingerprint density at radius 2 is 1.68 bits per heavy atom. The third-order valence-electron chi connectivity index (χ3n) is 6.93. The lowest BCUT2D eigenvalue weighted by Crippen LogP contribution is -2.46. The number of nitrogens with one attached hydrogen (secondary N) is 2. The molecular formula is C28H29F3N5O3S2+. The predicted molar refractivity (Wildman–Crippen MR) is 153 cm³/mol. The number of aromatic amines is 1. The molecule has 4 aromatic rings. The second-order valence-electron chi connectivity index (χ2n) is 9.52. The Bertz CT molecular complexity index is 1650. The van der Waals surface area contributed by atoms with E-state index in [9.17, 15) is 26.4 Å². The number of para-hydroxylation sites is 2. The molecule has 5 rings (SSSR count). The second-order valence-corrected chi connectivity index (χ2v) is 12.3. The molecule has 1 aliphatic rings. The van der Waals surface area contributed by atoms with Gasteiger partial charge in [0.2, 0.25) is 5.91 Å². The Kier molecular flexibility index (Phi) is 8.30. The van der Waals surface area contributed by atoms with Crippen LogP contribution < -0.4 is 14.2 Å². The van der Waals surface area contributed by atoms with Crippen LogP contribution in [0.15, 0.2) is 82.8 Å². The van der Waals surface area contributed by atoms with Gasteiger partial charge in [-0.15, -0.1) is 3.97 Å². The highest BCUT2D eigenvalue weighted by molar-refractivity contribution is 8.00. The maximum atomic E-state index is 13.6. The number of likely N-dealkylation sites (N-methyl/N-ethyl adjacent to an activating group) is 1. The van der Waals surface area contributed by atoms with E-state index in [1.54, 1.807) is 42.5 Å². The molecule has 0 spiro atoms. The fourth-order valence-corrected chi connectivity index (χ4v) is 7.36. The number of aromatic nitrogens is 2. The molecule has 0 aliphatic carbocycles. The number of rotatable bonds is 8. The molecule has 0 saturated carbocycles. The van der Waals surface area contributed by atoms with Crippen LogP contribution in [0.2, 0.25) is 0 Å². The number of nitrogens with zero attached hydrogens (tertiary/aromatic N) is 3. The topological polar surface area (TPSA) is 89.4 Å². The molecule has 0 bridgehead atoms. The molecule has 0 radical (unpaired) electrons. The van der Waals surface area contributed by atoms with Gasteiger partial charge < -0.3 is 15.1 Å². The maximum absolute atomic E-state index is 13.6. The van der Waals surface area contributed by atoms with Crippen molar-refractivity contribution in [2.75, 3.05) is 48.7 Å². The summed E-state index contributed by atoms with van der Waals surface area (Å²) < 4.78 is 68.9. The van der Waals surface area contributed by atoms with Crippen molar-refractivity contribution in [3.63, 3.8) is 0 Å². The molecule has 3 aromatic carbocycles. The van der Waals surface area contributed by atoms with Crippen molar-refractivity contribution >= 4 is 50.1 Å². The van der Waals surface area contributed by atoms with E-state index in [2.05, 4.69) is 22.1 Å². The van der Waals surface area contributed by atoms with Crippen molar-refractivity contribution in [1.82, 2.24) is 9.88 Å². The zero-order valence-electron chi connectivity index (χ0n) is 22.2. The second kappa shape index (κ2) is 11.7. The van der Waals surface area contributed by atoms with E-state index in [4.69, 9.17) is 0 Å². The molecule has 1 aliphatic heterocycles. The standard InChI is InChI=1S/C28H28F3N5O3S2/c1-2-34-14-16-35(17-15-34)24-13-12-20(28(29,30)31)18-23(24)32-26(37)19-40-27-33-22-10-6-7-11-25(22)36(27)41(38,39)21-8-4-3-5-9-21/h3-13,18H,2,14-17,19H2,1H3,(H,32,37)/p+1. The number of carbonyl (C=O) groups excluding carboxylic acids is 1. The predicted octanol–water partition coefficient (Wildman–Crippen LogP) is 4.58. The first-order valence-electron chi connectivity index (χ1n) is 13.0. The number of benzene rings is 3. The number of hydrogen-bond acceptors (Lipinski definition) is 6. The molecule has 2 heterocycles. The number of fused-ring (bicyclic) bond motifs is 1. The lowest BCUT2D eigenvalue weighted by molar-refractivity contribution is -0.526. The number of thioether (sulfide) groups is 1. The third-order valence-corrected chi connectivity index (χ3v) is 9.74. The molecule has 1 saturated heterocycles.